The van der Waals surface area contributed by atoms with Gasteiger partial charge in [-0.15, -0.1) is 0 Å². The lowest BCUT2D eigenvalue weighted by Crippen LogP contribution is -2.58. The molecule has 1 atom stereocenters. The van der Waals surface area contributed by atoms with Crippen molar-refractivity contribution in [2.45, 2.75) is 50.7 Å². The molecule has 142 valence electrons. The van der Waals surface area contributed by atoms with E-state index in [-0.39, 0.29) is 13.0 Å². The second-order valence-corrected chi connectivity index (χ2v) is 7.04. The van der Waals surface area contributed by atoms with E-state index in [9.17, 15) is 27.6 Å². The van der Waals surface area contributed by atoms with Crippen molar-refractivity contribution in [1.29, 1.82) is 0 Å². The number of ether oxygens (including phenoxy) is 1. The van der Waals surface area contributed by atoms with Gasteiger partial charge in [0.25, 0.3) is 0 Å². The summed E-state index contributed by atoms with van der Waals surface area (Å²) < 4.78 is 42.2. The van der Waals surface area contributed by atoms with Crippen molar-refractivity contribution in [2.75, 3.05) is 20.2 Å². The molecule has 0 aromatic rings. The molecule has 1 saturated heterocycles. The Kier molecular flexibility index (Phi) is 5.63. The van der Waals surface area contributed by atoms with E-state index in [1.54, 1.807) is 0 Å². The van der Waals surface area contributed by atoms with E-state index in [0.717, 1.165) is 12.8 Å². The second kappa shape index (κ2) is 7.21. The summed E-state index contributed by atoms with van der Waals surface area (Å²) in [6.45, 7) is 0.390. The van der Waals surface area contributed by atoms with Gasteiger partial charge < -0.3 is 15.0 Å². The van der Waals surface area contributed by atoms with Crippen molar-refractivity contribution in [2.24, 2.45) is 11.8 Å². The number of carbonyl (C=O) groups is 3. The summed E-state index contributed by atoms with van der Waals surface area (Å²) in [6, 6.07) is 0. The van der Waals surface area contributed by atoms with Crippen molar-refractivity contribution in [3.63, 3.8) is 0 Å². The summed E-state index contributed by atoms with van der Waals surface area (Å²) in [6.07, 6.45) is -2.49. The van der Waals surface area contributed by atoms with Gasteiger partial charge >= 0.3 is 12.1 Å². The molecule has 2 rings (SSSR count). The van der Waals surface area contributed by atoms with Crippen LogP contribution < -0.4 is 5.32 Å². The Morgan fingerprint density at radius 2 is 1.92 bits per heavy atom. The van der Waals surface area contributed by atoms with Crippen molar-refractivity contribution in [3.8, 4) is 0 Å². The molecule has 1 N–H and O–H groups in total. The number of esters is 1. The first-order chi connectivity index (χ1) is 11.6. The molecular formula is C16H23F3N2O4. The van der Waals surface area contributed by atoms with Crippen LogP contribution in [0.4, 0.5) is 13.2 Å². The maximum atomic E-state index is 12.5. The Labute approximate surface area is 144 Å². The van der Waals surface area contributed by atoms with Crippen LogP contribution in [0, 0.1) is 11.8 Å². The molecule has 0 radical (unpaired) electrons. The highest BCUT2D eigenvalue weighted by Gasteiger charge is 2.46. The van der Waals surface area contributed by atoms with E-state index in [1.807, 2.05) is 6.92 Å². The van der Waals surface area contributed by atoms with Gasteiger partial charge in [-0.2, -0.15) is 13.2 Å². The van der Waals surface area contributed by atoms with Crippen LogP contribution in [0.2, 0.25) is 0 Å². The van der Waals surface area contributed by atoms with Gasteiger partial charge in [-0.3, -0.25) is 9.59 Å². The van der Waals surface area contributed by atoms with Crippen LogP contribution in [-0.2, 0) is 19.1 Å². The smallest absolute Gasteiger partial charge is 0.406 e. The summed E-state index contributed by atoms with van der Waals surface area (Å²) in [7, 11) is 1.23. The van der Waals surface area contributed by atoms with Crippen LogP contribution in [0.5, 0.6) is 0 Å². The number of hydrogen-bond acceptors (Lipinski definition) is 4. The number of carbonyl (C=O) groups excluding carboxylic acids is 3. The molecular weight excluding hydrogens is 341 g/mol. The summed E-state index contributed by atoms with van der Waals surface area (Å²) in [5, 5.41) is 2.68. The summed E-state index contributed by atoms with van der Waals surface area (Å²) >= 11 is 0. The fourth-order valence-electron chi connectivity index (χ4n) is 3.49. The lowest BCUT2D eigenvalue weighted by atomic mass is 9.76. The van der Waals surface area contributed by atoms with Gasteiger partial charge in [0.05, 0.1) is 13.0 Å². The van der Waals surface area contributed by atoms with Gasteiger partial charge in [-0.25, -0.2) is 4.79 Å². The highest BCUT2D eigenvalue weighted by atomic mass is 19.4. The second-order valence-electron chi connectivity index (χ2n) is 7.04. The van der Waals surface area contributed by atoms with Crippen LogP contribution in [0.3, 0.4) is 0 Å². The quantitative estimate of drug-likeness (QED) is 0.770. The van der Waals surface area contributed by atoms with Crippen molar-refractivity contribution in [3.05, 3.63) is 0 Å². The minimum absolute atomic E-state index is 0.282. The van der Waals surface area contributed by atoms with E-state index < -0.39 is 42.0 Å². The predicted octanol–water partition coefficient (Wildman–Crippen LogP) is 1.64. The van der Waals surface area contributed by atoms with E-state index in [1.165, 1.54) is 7.11 Å². The van der Waals surface area contributed by atoms with Crippen LogP contribution in [0.1, 0.15) is 39.0 Å². The molecule has 0 bridgehead atoms. The molecule has 2 fully saturated rings. The number of nitrogens with zero attached hydrogens (tertiary/aromatic N) is 1. The molecule has 9 heteroatoms. The minimum Gasteiger partial charge on any atom is -0.467 e. The summed E-state index contributed by atoms with van der Waals surface area (Å²) in [4.78, 5) is 37.1. The topological polar surface area (TPSA) is 75.7 Å². The third-order valence-electron chi connectivity index (χ3n) is 5.02. The largest absolute Gasteiger partial charge is 0.467 e. The van der Waals surface area contributed by atoms with Gasteiger partial charge in [-0.1, -0.05) is 6.92 Å². The van der Waals surface area contributed by atoms with E-state index in [4.69, 9.17) is 4.74 Å². The van der Waals surface area contributed by atoms with Gasteiger partial charge in [-0.05, 0) is 31.6 Å². The number of amides is 2. The molecule has 2 aliphatic rings. The zero-order valence-corrected chi connectivity index (χ0v) is 14.3. The molecule has 6 nitrogen and oxygen atoms in total. The maximum Gasteiger partial charge on any atom is 0.406 e. The Balaban J connectivity index is 2.04. The van der Waals surface area contributed by atoms with Gasteiger partial charge in [0.2, 0.25) is 11.8 Å². The molecule has 1 heterocycles. The molecule has 1 aliphatic heterocycles. The van der Waals surface area contributed by atoms with Crippen molar-refractivity contribution < 1.29 is 32.3 Å². The Morgan fingerprint density at radius 1 is 1.32 bits per heavy atom. The van der Waals surface area contributed by atoms with E-state index >= 15 is 0 Å². The molecule has 0 spiro atoms. The SMILES string of the molecule is COC(=O)C1(NC(=O)[C@H]2CC(=O)N(CC(F)(F)F)C2)CCC(C)CC1. The molecule has 0 unspecified atom stereocenters. The first-order valence-electron chi connectivity index (χ1n) is 8.31. The minimum atomic E-state index is -4.51. The zero-order valence-electron chi connectivity index (χ0n) is 14.3. The van der Waals surface area contributed by atoms with E-state index in [2.05, 4.69) is 5.32 Å². The number of nitrogens with one attached hydrogen (secondary N) is 1. The number of hydrogen-bond donors (Lipinski definition) is 1. The zero-order chi connectivity index (χ0) is 18.8. The Morgan fingerprint density at radius 3 is 2.44 bits per heavy atom. The highest BCUT2D eigenvalue weighted by Crippen LogP contribution is 2.34. The number of methoxy groups -OCH3 is 1. The van der Waals surface area contributed by atoms with Gasteiger partial charge in [0.15, 0.2) is 0 Å². The third kappa shape index (κ3) is 4.64. The van der Waals surface area contributed by atoms with Crippen molar-refractivity contribution >= 4 is 17.8 Å². The highest BCUT2D eigenvalue weighted by molar-refractivity contribution is 5.93. The van der Waals surface area contributed by atoms with Gasteiger partial charge in [0.1, 0.15) is 12.1 Å². The van der Waals surface area contributed by atoms with E-state index in [0.29, 0.717) is 23.7 Å². The van der Waals surface area contributed by atoms with Crippen LogP contribution in [-0.4, -0.2) is 54.6 Å². The van der Waals surface area contributed by atoms with Crippen LogP contribution in [0.15, 0.2) is 0 Å². The van der Waals surface area contributed by atoms with Gasteiger partial charge in [0, 0.05) is 13.0 Å². The average Bonchev–Trinajstić information content (AvgIpc) is 2.88. The normalized spacial score (nSPS) is 30.3. The number of alkyl halides is 3. The third-order valence-corrected chi connectivity index (χ3v) is 5.02. The lowest BCUT2D eigenvalue weighted by molar-refractivity contribution is -0.157. The molecule has 1 aliphatic carbocycles. The molecule has 25 heavy (non-hydrogen) atoms. The Bertz CT molecular complexity index is 542. The lowest BCUT2D eigenvalue weighted by Gasteiger charge is -2.38. The number of rotatable bonds is 4. The number of halogens is 3. The summed E-state index contributed by atoms with van der Waals surface area (Å²) in [5.74, 6) is -2.30. The fraction of sp³-hybridized carbons (Fsp3) is 0.812. The summed E-state index contributed by atoms with van der Waals surface area (Å²) in [5.41, 5.74) is -1.15. The molecule has 1 saturated carbocycles. The van der Waals surface area contributed by atoms with Crippen molar-refractivity contribution in [1.82, 2.24) is 10.2 Å². The predicted molar refractivity (Wildman–Crippen MR) is 81.3 cm³/mol. The molecule has 0 aromatic carbocycles. The van der Waals surface area contributed by atoms with Crippen LogP contribution in [0.25, 0.3) is 0 Å². The standard InChI is InChI=1S/C16H23F3N2O4/c1-10-3-5-15(6-4-10,14(24)25-2)20-13(23)11-7-12(22)21(8-11)9-16(17,18)19/h10-11H,3-9H2,1-2H3,(H,20,23)/t10?,11-,15?/m0/s1. The monoisotopic (exact) mass is 364 g/mol. The molecule has 0 aromatic heterocycles. The first-order valence-corrected chi connectivity index (χ1v) is 8.31. The fourth-order valence-corrected chi connectivity index (χ4v) is 3.49. The van der Waals surface area contributed by atoms with Crippen LogP contribution >= 0.6 is 0 Å². The first kappa shape index (κ1) is 19.5. The Hall–Kier alpha value is -1.80. The molecule has 2 amide bonds. The average molecular weight is 364 g/mol. The number of likely N-dealkylation sites (tertiary alicyclic amines) is 1. The maximum absolute atomic E-state index is 12.5.